The highest BCUT2D eigenvalue weighted by molar-refractivity contribution is 8.00. The molecule has 0 radical (unpaired) electrons. The normalized spacial score (nSPS) is 18.9. The predicted molar refractivity (Wildman–Crippen MR) is 69.8 cm³/mol. The van der Waals surface area contributed by atoms with Gasteiger partial charge in [0.2, 0.25) is 0 Å². The van der Waals surface area contributed by atoms with E-state index in [-0.39, 0.29) is 6.10 Å². The van der Waals surface area contributed by atoms with Crippen molar-refractivity contribution in [2.75, 3.05) is 0 Å². The lowest BCUT2D eigenvalue weighted by Gasteiger charge is -2.11. The van der Waals surface area contributed by atoms with Crippen LogP contribution < -0.4 is 0 Å². The highest BCUT2D eigenvalue weighted by atomic mass is 32.2. The number of benzene rings is 1. The van der Waals surface area contributed by atoms with Gasteiger partial charge in [-0.2, -0.15) is 0 Å². The van der Waals surface area contributed by atoms with E-state index in [1.54, 1.807) is 0 Å². The van der Waals surface area contributed by atoms with Crippen molar-refractivity contribution in [3.05, 3.63) is 29.8 Å². The summed E-state index contributed by atoms with van der Waals surface area (Å²) in [4.78, 5) is 1.35. The van der Waals surface area contributed by atoms with Crippen LogP contribution in [0.15, 0.2) is 29.2 Å². The predicted octanol–water partition coefficient (Wildman–Crippen LogP) is 4.16. The largest absolute Gasteiger partial charge is 0.388 e. The molecule has 1 N–H and O–H groups in total. The van der Waals surface area contributed by atoms with E-state index in [1.807, 2.05) is 18.7 Å². The minimum atomic E-state index is -0.300. The molecule has 2 rings (SSSR count). The van der Waals surface area contributed by atoms with E-state index in [9.17, 15) is 5.11 Å². The molecule has 1 aromatic carbocycles. The van der Waals surface area contributed by atoms with Gasteiger partial charge in [0.1, 0.15) is 0 Å². The molecule has 0 saturated heterocycles. The maximum Gasteiger partial charge on any atom is 0.0787 e. The Kier molecular flexibility index (Phi) is 4.30. The third-order valence-corrected chi connectivity index (χ3v) is 4.61. The lowest BCUT2D eigenvalue weighted by Crippen LogP contribution is -1.96. The summed E-state index contributed by atoms with van der Waals surface area (Å²) in [5.41, 5.74) is 1.04. The molecule has 1 atom stereocenters. The third kappa shape index (κ3) is 3.02. The Labute approximate surface area is 102 Å². The number of aliphatic hydroxyl groups excluding tert-OH is 1. The summed E-state index contributed by atoms with van der Waals surface area (Å²) in [5, 5.41) is 10.5. The molecule has 0 bridgehead atoms. The van der Waals surface area contributed by atoms with Gasteiger partial charge in [0, 0.05) is 10.1 Å². The van der Waals surface area contributed by atoms with Crippen LogP contribution in [0.1, 0.15) is 50.7 Å². The zero-order valence-corrected chi connectivity index (χ0v) is 10.7. The molecule has 0 aliphatic heterocycles. The van der Waals surface area contributed by atoms with Gasteiger partial charge < -0.3 is 5.11 Å². The molecular weight excluding hydrogens is 216 g/mol. The van der Waals surface area contributed by atoms with Gasteiger partial charge in [0.25, 0.3) is 0 Å². The van der Waals surface area contributed by atoms with Gasteiger partial charge in [-0.05, 0) is 37.0 Å². The van der Waals surface area contributed by atoms with E-state index in [1.165, 1.54) is 30.6 Å². The molecule has 88 valence electrons. The third-order valence-electron chi connectivity index (χ3n) is 3.26. The van der Waals surface area contributed by atoms with Gasteiger partial charge in [-0.1, -0.05) is 31.9 Å². The zero-order chi connectivity index (χ0) is 11.4. The standard InChI is InChI=1S/C14H20OS/c1-2-14(15)11-7-9-13(10-8-11)16-12-5-3-4-6-12/h7-10,12,14-15H,2-6H2,1H3/t14-/m1/s1. The molecule has 0 aromatic heterocycles. The summed E-state index contributed by atoms with van der Waals surface area (Å²) < 4.78 is 0. The van der Waals surface area contributed by atoms with Crippen molar-refractivity contribution in [1.29, 1.82) is 0 Å². The summed E-state index contributed by atoms with van der Waals surface area (Å²) in [7, 11) is 0. The van der Waals surface area contributed by atoms with Crippen LogP contribution in [0.4, 0.5) is 0 Å². The minimum absolute atomic E-state index is 0.300. The fourth-order valence-corrected chi connectivity index (χ4v) is 3.45. The van der Waals surface area contributed by atoms with Gasteiger partial charge in [0.05, 0.1) is 6.10 Å². The first-order chi connectivity index (χ1) is 7.79. The molecule has 16 heavy (non-hydrogen) atoms. The Morgan fingerprint density at radius 1 is 1.25 bits per heavy atom. The van der Waals surface area contributed by atoms with Gasteiger partial charge in [-0.3, -0.25) is 0 Å². The van der Waals surface area contributed by atoms with E-state index < -0.39 is 0 Å². The summed E-state index contributed by atoms with van der Waals surface area (Å²) in [6.07, 6.45) is 6.00. The van der Waals surface area contributed by atoms with Gasteiger partial charge in [-0.25, -0.2) is 0 Å². The van der Waals surface area contributed by atoms with Crippen molar-refractivity contribution >= 4 is 11.8 Å². The van der Waals surface area contributed by atoms with Gasteiger partial charge in [0.15, 0.2) is 0 Å². The van der Waals surface area contributed by atoms with Crippen molar-refractivity contribution in [1.82, 2.24) is 0 Å². The van der Waals surface area contributed by atoms with Crippen LogP contribution in [-0.4, -0.2) is 10.4 Å². The van der Waals surface area contributed by atoms with E-state index in [0.29, 0.717) is 0 Å². The second-order valence-electron chi connectivity index (χ2n) is 4.52. The molecule has 1 fully saturated rings. The summed E-state index contributed by atoms with van der Waals surface area (Å²) in [5.74, 6) is 0. The fraction of sp³-hybridized carbons (Fsp3) is 0.571. The number of rotatable bonds is 4. The maximum atomic E-state index is 9.70. The van der Waals surface area contributed by atoms with Gasteiger partial charge >= 0.3 is 0 Å². The van der Waals surface area contributed by atoms with Gasteiger partial charge in [-0.15, -0.1) is 11.8 Å². The van der Waals surface area contributed by atoms with Crippen LogP contribution in [-0.2, 0) is 0 Å². The van der Waals surface area contributed by atoms with Crippen LogP contribution in [0.3, 0.4) is 0 Å². The van der Waals surface area contributed by atoms with Crippen molar-refractivity contribution in [2.45, 2.75) is 55.3 Å². The molecule has 1 aliphatic rings. The van der Waals surface area contributed by atoms with Crippen LogP contribution in [0.5, 0.6) is 0 Å². The first-order valence-corrected chi connectivity index (χ1v) is 7.12. The number of thioether (sulfide) groups is 1. The highest BCUT2D eigenvalue weighted by Gasteiger charge is 2.16. The zero-order valence-electron chi connectivity index (χ0n) is 9.86. The number of aliphatic hydroxyl groups is 1. The van der Waals surface area contributed by atoms with Crippen LogP contribution in [0, 0.1) is 0 Å². The first kappa shape index (κ1) is 12.0. The van der Waals surface area contributed by atoms with E-state index in [4.69, 9.17) is 0 Å². The quantitative estimate of drug-likeness (QED) is 0.847. The Hall–Kier alpha value is -0.470. The van der Waals surface area contributed by atoms with Crippen LogP contribution in [0.25, 0.3) is 0 Å². The molecule has 1 nitrogen and oxygen atoms in total. The molecule has 2 heteroatoms. The van der Waals surface area contributed by atoms with E-state index in [0.717, 1.165) is 17.2 Å². The summed E-state index contributed by atoms with van der Waals surface area (Å²) in [6.45, 7) is 2.01. The van der Waals surface area contributed by atoms with E-state index >= 15 is 0 Å². The summed E-state index contributed by atoms with van der Waals surface area (Å²) >= 11 is 2.00. The Balaban J connectivity index is 1.96. The molecular formula is C14H20OS. The molecule has 0 amide bonds. The Bertz CT molecular complexity index is 314. The Morgan fingerprint density at radius 3 is 2.44 bits per heavy atom. The van der Waals surface area contributed by atoms with Crippen molar-refractivity contribution in [2.24, 2.45) is 0 Å². The highest BCUT2D eigenvalue weighted by Crippen LogP contribution is 2.35. The topological polar surface area (TPSA) is 20.2 Å². The van der Waals surface area contributed by atoms with Crippen molar-refractivity contribution in [3.8, 4) is 0 Å². The SMILES string of the molecule is CC[C@@H](O)c1ccc(SC2CCCC2)cc1. The molecule has 1 saturated carbocycles. The number of hydrogen-bond donors (Lipinski definition) is 1. The first-order valence-electron chi connectivity index (χ1n) is 6.24. The fourth-order valence-electron chi connectivity index (χ4n) is 2.20. The average molecular weight is 236 g/mol. The second kappa shape index (κ2) is 5.74. The molecule has 1 aliphatic carbocycles. The molecule has 0 unspecified atom stereocenters. The van der Waals surface area contributed by atoms with Crippen molar-refractivity contribution < 1.29 is 5.11 Å². The summed E-state index contributed by atoms with van der Waals surface area (Å²) in [6, 6.07) is 8.42. The lowest BCUT2D eigenvalue weighted by molar-refractivity contribution is 0.173. The lowest BCUT2D eigenvalue weighted by atomic mass is 10.1. The maximum absolute atomic E-state index is 9.70. The molecule has 1 aromatic rings. The van der Waals surface area contributed by atoms with Crippen molar-refractivity contribution in [3.63, 3.8) is 0 Å². The minimum Gasteiger partial charge on any atom is -0.388 e. The second-order valence-corrected chi connectivity index (χ2v) is 5.89. The van der Waals surface area contributed by atoms with Crippen LogP contribution >= 0.6 is 11.8 Å². The average Bonchev–Trinajstić information content (AvgIpc) is 2.82. The molecule has 0 spiro atoms. The monoisotopic (exact) mass is 236 g/mol. The molecule has 0 heterocycles. The van der Waals surface area contributed by atoms with Crippen LogP contribution in [0.2, 0.25) is 0 Å². The number of hydrogen-bond acceptors (Lipinski definition) is 2. The smallest absolute Gasteiger partial charge is 0.0787 e. The Morgan fingerprint density at radius 2 is 1.88 bits per heavy atom. The van der Waals surface area contributed by atoms with E-state index in [2.05, 4.69) is 24.3 Å².